The van der Waals surface area contributed by atoms with Crippen LogP contribution in [0.15, 0.2) is 76.4 Å². The highest BCUT2D eigenvalue weighted by Gasteiger charge is 2.26. The Kier molecular flexibility index (Phi) is 6.45. The van der Waals surface area contributed by atoms with Gasteiger partial charge in [-0.3, -0.25) is 14.3 Å². The van der Waals surface area contributed by atoms with Gasteiger partial charge in [0.05, 0.1) is 28.0 Å². The van der Waals surface area contributed by atoms with Gasteiger partial charge in [-0.1, -0.05) is 12.1 Å². The van der Waals surface area contributed by atoms with Gasteiger partial charge in [0.25, 0.3) is 21.8 Å². The first kappa shape index (κ1) is 22.5. The van der Waals surface area contributed by atoms with Crippen molar-refractivity contribution in [3.8, 4) is 0 Å². The summed E-state index contributed by atoms with van der Waals surface area (Å²) in [6.07, 6.45) is 3.99. The van der Waals surface area contributed by atoms with E-state index in [0.717, 1.165) is 24.3 Å². The van der Waals surface area contributed by atoms with Crippen molar-refractivity contribution in [1.29, 1.82) is 0 Å². The maximum Gasteiger partial charge on any atom is 0.261 e. The summed E-state index contributed by atoms with van der Waals surface area (Å²) >= 11 is 0. The molecular weight excluding hydrogens is 449 g/mol. The Morgan fingerprint density at radius 3 is 2.36 bits per heavy atom. The van der Waals surface area contributed by atoms with E-state index in [-0.39, 0.29) is 28.1 Å². The number of carbonyl (C=O) groups is 2. The lowest BCUT2D eigenvalue weighted by molar-refractivity contribution is 0.0697. The summed E-state index contributed by atoms with van der Waals surface area (Å²) in [7, 11) is -4.01. The second kappa shape index (κ2) is 9.45. The molecule has 172 valence electrons. The molecule has 10 heteroatoms. The number of carbonyl (C=O) groups excluding carboxylic acids is 2. The third-order valence-corrected chi connectivity index (χ3v) is 6.81. The number of piperidine rings is 1. The molecule has 0 spiro atoms. The fraction of sp³-hybridized carbons (Fsp3) is 0.217. The van der Waals surface area contributed by atoms with Crippen molar-refractivity contribution >= 4 is 27.5 Å². The van der Waals surface area contributed by atoms with Gasteiger partial charge in [0.2, 0.25) is 0 Å². The maximum absolute atomic E-state index is 13.1. The summed E-state index contributed by atoms with van der Waals surface area (Å²) in [4.78, 5) is 26.9. The molecule has 1 aliphatic heterocycles. The number of sulfonamides is 1. The van der Waals surface area contributed by atoms with Crippen LogP contribution in [0.4, 0.5) is 10.1 Å². The predicted molar refractivity (Wildman–Crippen MR) is 119 cm³/mol. The van der Waals surface area contributed by atoms with E-state index in [1.807, 2.05) is 0 Å². The van der Waals surface area contributed by atoms with Crippen molar-refractivity contribution in [1.82, 2.24) is 10.2 Å². The first-order valence-electron chi connectivity index (χ1n) is 10.3. The Morgan fingerprint density at radius 1 is 1.00 bits per heavy atom. The van der Waals surface area contributed by atoms with E-state index in [9.17, 15) is 22.4 Å². The van der Waals surface area contributed by atoms with Gasteiger partial charge in [0, 0.05) is 19.1 Å². The highest BCUT2D eigenvalue weighted by Crippen LogP contribution is 2.22. The number of furan rings is 1. The molecule has 0 radical (unpaired) electrons. The third-order valence-electron chi connectivity index (χ3n) is 5.43. The molecule has 0 aliphatic carbocycles. The summed E-state index contributed by atoms with van der Waals surface area (Å²) in [6.45, 7) is 0.960. The molecule has 33 heavy (non-hydrogen) atoms. The number of hydrogen-bond acceptors (Lipinski definition) is 5. The van der Waals surface area contributed by atoms with E-state index in [4.69, 9.17) is 4.42 Å². The number of amides is 2. The zero-order valence-corrected chi connectivity index (χ0v) is 18.3. The van der Waals surface area contributed by atoms with Crippen LogP contribution in [0.1, 0.15) is 33.6 Å². The van der Waals surface area contributed by atoms with Crippen molar-refractivity contribution in [3.63, 3.8) is 0 Å². The molecule has 0 unspecified atom stereocenters. The zero-order valence-electron chi connectivity index (χ0n) is 17.5. The van der Waals surface area contributed by atoms with Crippen LogP contribution >= 0.6 is 0 Å². The molecule has 8 nitrogen and oxygen atoms in total. The molecule has 1 aromatic heterocycles. The van der Waals surface area contributed by atoms with Gasteiger partial charge in [-0.25, -0.2) is 12.8 Å². The highest BCUT2D eigenvalue weighted by molar-refractivity contribution is 7.92. The monoisotopic (exact) mass is 471 g/mol. The van der Waals surface area contributed by atoms with Gasteiger partial charge in [-0.05, 0) is 55.3 Å². The molecule has 2 heterocycles. The Balaban J connectivity index is 1.40. The van der Waals surface area contributed by atoms with Gasteiger partial charge in [-0.2, -0.15) is 0 Å². The number of anilines is 1. The summed E-state index contributed by atoms with van der Waals surface area (Å²) in [5.41, 5.74) is 0.770. The highest BCUT2D eigenvalue weighted by atomic mass is 32.2. The van der Waals surface area contributed by atoms with E-state index < -0.39 is 21.7 Å². The van der Waals surface area contributed by atoms with Crippen LogP contribution < -0.4 is 10.0 Å². The zero-order chi connectivity index (χ0) is 23.4. The molecule has 1 aliphatic rings. The van der Waals surface area contributed by atoms with Gasteiger partial charge < -0.3 is 14.6 Å². The fourth-order valence-corrected chi connectivity index (χ4v) is 4.73. The molecule has 2 N–H and O–H groups in total. The van der Waals surface area contributed by atoms with Crippen LogP contribution in [0, 0.1) is 5.82 Å². The normalized spacial score (nSPS) is 14.6. The lowest BCUT2D eigenvalue weighted by Gasteiger charge is -2.32. The number of rotatable bonds is 6. The molecule has 0 bridgehead atoms. The predicted octanol–water partition coefficient (Wildman–Crippen LogP) is 3.25. The number of nitrogens with one attached hydrogen (secondary N) is 2. The number of benzene rings is 2. The molecule has 0 atom stereocenters. The lowest BCUT2D eigenvalue weighted by Crippen LogP contribution is -2.46. The number of likely N-dealkylation sites (tertiary alicyclic amines) is 1. The molecule has 0 saturated carbocycles. The Bertz CT molecular complexity index is 1240. The Morgan fingerprint density at radius 2 is 1.70 bits per heavy atom. The second-order valence-electron chi connectivity index (χ2n) is 7.66. The molecule has 3 aromatic rings. The van der Waals surface area contributed by atoms with Crippen LogP contribution in [-0.4, -0.2) is 44.3 Å². The number of hydrogen-bond donors (Lipinski definition) is 2. The van der Waals surface area contributed by atoms with Gasteiger partial charge in [0.15, 0.2) is 0 Å². The van der Waals surface area contributed by atoms with Gasteiger partial charge in [0.1, 0.15) is 12.1 Å². The van der Waals surface area contributed by atoms with Gasteiger partial charge >= 0.3 is 0 Å². The number of halogens is 1. The lowest BCUT2D eigenvalue weighted by atomic mass is 10.0. The van der Waals surface area contributed by atoms with Crippen molar-refractivity contribution in [2.24, 2.45) is 0 Å². The first-order chi connectivity index (χ1) is 15.8. The topological polar surface area (TPSA) is 109 Å². The first-order valence-corrected chi connectivity index (χ1v) is 11.8. The minimum atomic E-state index is -4.01. The molecular formula is C23H22FN3O5S. The van der Waals surface area contributed by atoms with Crippen molar-refractivity contribution in [2.45, 2.75) is 23.8 Å². The Hall–Kier alpha value is -3.66. The summed E-state index contributed by atoms with van der Waals surface area (Å²) in [6, 6.07) is 12.1. The van der Waals surface area contributed by atoms with E-state index >= 15 is 0 Å². The van der Waals surface area contributed by atoms with Crippen LogP contribution in [0.3, 0.4) is 0 Å². The van der Waals surface area contributed by atoms with Crippen LogP contribution in [0.5, 0.6) is 0 Å². The second-order valence-corrected chi connectivity index (χ2v) is 9.34. The maximum atomic E-state index is 13.1. The van der Waals surface area contributed by atoms with Crippen LogP contribution in [0.2, 0.25) is 0 Å². The standard InChI is InChI=1S/C23H22FN3O5S/c24-17-5-7-19(8-6-17)33(30,31)26-21-4-2-1-3-20(21)22(28)25-18-9-12-27(13-10-18)23(29)16-11-14-32-15-16/h1-8,11,14-15,18,26H,9-10,12-13H2,(H,25,28). The smallest absolute Gasteiger partial charge is 0.261 e. The van der Waals surface area contributed by atoms with Crippen LogP contribution in [-0.2, 0) is 10.0 Å². The molecule has 1 fully saturated rings. The summed E-state index contributed by atoms with van der Waals surface area (Å²) < 4.78 is 45.8. The van der Waals surface area contributed by atoms with E-state index in [1.54, 1.807) is 23.1 Å². The van der Waals surface area contributed by atoms with E-state index in [1.165, 1.54) is 24.7 Å². The van der Waals surface area contributed by atoms with Crippen molar-refractivity contribution in [2.75, 3.05) is 17.8 Å². The minimum absolute atomic E-state index is 0.117. The quantitative estimate of drug-likeness (QED) is 0.574. The molecule has 2 amide bonds. The van der Waals surface area contributed by atoms with E-state index in [0.29, 0.717) is 31.5 Å². The fourth-order valence-electron chi connectivity index (χ4n) is 3.65. The third kappa shape index (κ3) is 5.23. The molecule has 1 saturated heterocycles. The van der Waals surface area contributed by atoms with Crippen molar-refractivity contribution in [3.05, 3.63) is 84.1 Å². The average Bonchev–Trinajstić information content (AvgIpc) is 3.34. The van der Waals surface area contributed by atoms with Crippen LogP contribution in [0.25, 0.3) is 0 Å². The molecule has 4 rings (SSSR count). The van der Waals surface area contributed by atoms with Gasteiger partial charge in [-0.15, -0.1) is 0 Å². The van der Waals surface area contributed by atoms with E-state index in [2.05, 4.69) is 10.0 Å². The largest absolute Gasteiger partial charge is 0.472 e. The van der Waals surface area contributed by atoms with Crippen molar-refractivity contribution < 1.29 is 26.8 Å². The summed E-state index contributed by atoms with van der Waals surface area (Å²) in [5, 5.41) is 2.92. The SMILES string of the molecule is O=C(NC1CCN(C(=O)c2ccoc2)CC1)c1ccccc1NS(=O)(=O)c1ccc(F)cc1. The number of para-hydroxylation sites is 1. The summed E-state index contributed by atoms with van der Waals surface area (Å²) in [5.74, 6) is -1.09. The number of nitrogens with zero attached hydrogens (tertiary/aromatic N) is 1. The molecule has 2 aromatic carbocycles. The minimum Gasteiger partial charge on any atom is -0.472 e. The average molecular weight is 472 g/mol. The Labute approximate surface area is 190 Å².